The zero-order chi connectivity index (χ0) is 17.3. The molecule has 2 N–H and O–H groups in total. The average molecular weight is 348 g/mol. The summed E-state index contributed by atoms with van der Waals surface area (Å²) < 4.78 is 1.84. The Morgan fingerprint density at radius 3 is 2.96 bits per heavy atom. The van der Waals surface area contributed by atoms with Crippen LogP contribution in [0.2, 0.25) is 0 Å². The van der Waals surface area contributed by atoms with Gasteiger partial charge in [0.25, 0.3) is 0 Å². The first-order valence-electron chi connectivity index (χ1n) is 8.49. The molecule has 130 valence electrons. The number of rotatable bonds is 6. The molecule has 0 fully saturated rings. The van der Waals surface area contributed by atoms with Crippen LogP contribution in [0.3, 0.4) is 0 Å². The molecule has 1 aliphatic carbocycles. The van der Waals surface area contributed by atoms with Crippen LogP contribution in [0.1, 0.15) is 65.6 Å². The van der Waals surface area contributed by atoms with Crippen molar-refractivity contribution in [2.75, 3.05) is 0 Å². The van der Waals surface area contributed by atoms with E-state index in [0.717, 1.165) is 47.8 Å². The van der Waals surface area contributed by atoms with E-state index in [9.17, 15) is 9.90 Å². The molecule has 7 heteroatoms. The first-order valence-corrected chi connectivity index (χ1v) is 9.37. The van der Waals surface area contributed by atoms with Crippen molar-refractivity contribution in [2.45, 2.75) is 65.1 Å². The molecule has 0 aromatic carbocycles. The van der Waals surface area contributed by atoms with E-state index < -0.39 is 5.97 Å². The summed E-state index contributed by atoms with van der Waals surface area (Å²) in [7, 11) is 0. The van der Waals surface area contributed by atoms with Crippen molar-refractivity contribution >= 4 is 17.3 Å². The SMILES string of the molecule is CCn1nc(C(=O)O)c2c1CC[C@@H](NCc1csc(C(C)C)n1)C2. The molecule has 0 aliphatic heterocycles. The van der Waals surface area contributed by atoms with Crippen molar-refractivity contribution in [2.24, 2.45) is 0 Å². The van der Waals surface area contributed by atoms with E-state index in [0.29, 0.717) is 12.5 Å². The van der Waals surface area contributed by atoms with Crippen molar-refractivity contribution in [1.82, 2.24) is 20.1 Å². The van der Waals surface area contributed by atoms with Crippen LogP contribution in [-0.4, -0.2) is 31.9 Å². The van der Waals surface area contributed by atoms with Gasteiger partial charge in [-0.1, -0.05) is 13.8 Å². The molecule has 6 nitrogen and oxygen atoms in total. The summed E-state index contributed by atoms with van der Waals surface area (Å²) >= 11 is 1.70. The van der Waals surface area contributed by atoms with Gasteiger partial charge in [-0.15, -0.1) is 11.3 Å². The van der Waals surface area contributed by atoms with Crippen LogP contribution in [0.5, 0.6) is 0 Å². The number of nitrogens with zero attached hydrogens (tertiary/aromatic N) is 3. The number of aryl methyl sites for hydroxylation is 1. The molecule has 3 rings (SSSR count). The number of nitrogens with one attached hydrogen (secondary N) is 1. The molecular weight excluding hydrogens is 324 g/mol. The quantitative estimate of drug-likeness (QED) is 0.839. The number of hydrogen-bond acceptors (Lipinski definition) is 5. The van der Waals surface area contributed by atoms with Crippen LogP contribution in [0, 0.1) is 0 Å². The van der Waals surface area contributed by atoms with Crippen molar-refractivity contribution in [3.05, 3.63) is 33.0 Å². The highest BCUT2D eigenvalue weighted by atomic mass is 32.1. The minimum absolute atomic E-state index is 0.217. The molecule has 0 radical (unpaired) electrons. The number of carboxylic acid groups (broad SMARTS) is 1. The summed E-state index contributed by atoms with van der Waals surface area (Å²) in [5, 5.41) is 20.5. The molecule has 1 atom stereocenters. The van der Waals surface area contributed by atoms with Crippen LogP contribution >= 0.6 is 11.3 Å². The third-order valence-corrected chi connectivity index (χ3v) is 5.68. The fourth-order valence-corrected chi connectivity index (χ4v) is 4.05. The van der Waals surface area contributed by atoms with E-state index in [1.54, 1.807) is 11.3 Å². The van der Waals surface area contributed by atoms with Gasteiger partial charge in [-0.25, -0.2) is 9.78 Å². The maximum atomic E-state index is 11.4. The number of carbonyl (C=O) groups is 1. The van der Waals surface area contributed by atoms with Crippen LogP contribution in [0.25, 0.3) is 0 Å². The molecule has 0 spiro atoms. The van der Waals surface area contributed by atoms with Gasteiger partial charge in [0, 0.05) is 41.7 Å². The van der Waals surface area contributed by atoms with E-state index in [-0.39, 0.29) is 11.7 Å². The molecule has 1 aliphatic rings. The summed E-state index contributed by atoms with van der Waals surface area (Å²) in [4.78, 5) is 16.1. The Morgan fingerprint density at radius 1 is 1.54 bits per heavy atom. The Bertz CT molecular complexity index is 735. The molecule has 0 amide bonds. The average Bonchev–Trinajstić information content (AvgIpc) is 3.17. The fraction of sp³-hybridized carbons (Fsp3) is 0.588. The van der Waals surface area contributed by atoms with Gasteiger partial charge in [0.05, 0.1) is 10.7 Å². The first kappa shape index (κ1) is 17.1. The standard InChI is InChI=1S/C17H24N4O2S/c1-4-21-14-6-5-11(7-13(14)15(20-21)17(22)23)18-8-12-9-24-16(19-12)10(2)3/h9-11,18H,4-8H2,1-3H3,(H,22,23)/t11-/m1/s1. The van der Waals surface area contributed by atoms with Gasteiger partial charge in [-0.3, -0.25) is 4.68 Å². The molecule has 0 saturated heterocycles. The lowest BCUT2D eigenvalue weighted by Gasteiger charge is -2.24. The number of fused-ring (bicyclic) bond motifs is 1. The summed E-state index contributed by atoms with van der Waals surface area (Å²) in [6.45, 7) is 7.74. The van der Waals surface area contributed by atoms with E-state index in [1.165, 1.54) is 0 Å². The second kappa shape index (κ2) is 7.03. The van der Waals surface area contributed by atoms with E-state index in [1.807, 2.05) is 11.6 Å². The molecule has 0 saturated carbocycles. The van der Waals surface area contributed by atoms with E-state index >= 15 is 0 Å². The Morgan fingerprint density at radius 2 is 2.33 bits per heavy atom. The molecule has 2 heterocycles. The first-order chi connectivity index (χ1) is 11.5. The second-order valence-corrected chi connectivity index (χ2v) is 7.44. The van der Waals surface area contributed by atoms with Crippen molar-refractivity contribution in [1.29, 1.82) is 0 Å². The Kier molecular flexibility index (Phi) is 5.01. The minimum Gasteiger partial charge on any atom is -0.476 e. The largest absolute Gasteiger partial charge is 0.476 e. The van der Waals surface area contributed by atoms with Gasteiger partial charge in [-0.2, -0.15) is 5.10 Å². The topological polar surface area (TPSA) is 80.0 Å². The van der Waals surface area contributed by atoms with Gasteiger partial charge >= 0.3 is 5.97 Å². The zero-order valence-electron chi connectivity index (χ0n) is 14.4. The molecule has 24 heavy (non-hydrogen) atoms. The number of hydrogen-bond donors (Lipinski definition) is 2. The molecule has 0 bridgehead atoms. The second-order valence-electron chi connectivity index (χ2n) is 6.55. The molecular formula is C17H24N4O2S. The molecule has 2 aromatic rings. The lowest BCUT2D eigenvalue weighted by atomic mass is 9.91. The molecule has 2 aromatic heterocycles. The van der Waals surface area contributed by atoms with Gasteiger partial charge in [0.1, 0.15) is 0 Å². The van der Waals surface area contributed by atoms with Crippen LogP contribution < -0.4 is 5.32 Å². The number of thiazole rings is 1. The van der Waals surface area contributed by atoms with Crippen molar-refractivity contribution in [3.63, 3.8) is 0 Å². The highest BCUT2D eigenvalue weighted by Gasteiger charge is 2.28. The fourth-order valence-electron chi connectivity index (χ4n) is 3.21. The predicted octanol–water partition coefficient (Wildman–Crippen LogP) is 2.83. The normalized spacial score (nSPS) is 17.2. The lowest BCUT2D eigenvalue weighted by molar-refractivity contribution is 0.0688. The third kappa shape index (κ3) is 3.37. The van der Waals surface area contributed by atoms with Gasteiger partial charge in [0.2, 0.25) is 0 Å². The Hall–Kier alpha value is -1.73. The van der Waals surface area contributed by atoms with E-state index in [4.69, 9.17) is 0 Å². The number of carboxylic acids is 1. The number of aromatic nitrogens is 3. The van der Waals surface area contributed by atoms with E-state index in [2.05, 4.69) is 34.6 Å². The summed E-state index contributed by atoms with van der Waals surface area (Å²) in [5.41, 5.74) is 3.27. The van der Waals surface area contributed by atoms with Gasteiger partial charge in [0.15, 0.2) is 5.69 Å². The predicted molar refractivity (Wildman–Crippen MR) is 93.7 cm³/mol. The summed E-state index contributed by atoms with van der Waals surface area (Å²) in [6.07, 6.45) is 2.59. The Balaban J connectivity index is 1.68. The summed E-state index contributed by atoms with van der Waals surface area (Å²) in [5.74, 6) is -0.473. The Labute approximate surface area is 145 Å². The maximum absolute atomic E-state index is 11.4. The number of aromatic carboxylic acids is 1. The summed E-state index contributed by atoms with van der Waals surface area (Å²) in [6, 6.07) is 0.273. The van der Waals surface area contributed by atoms with Gasteiger partial charge < -0.3 is 10.4 Å². The maximum Gasteiger partial charge on any atom is 0.356 e. The monoisotopic (exact) mass is 348 g/mol. The van der Waals surface area contributed by atoms with Crippen LogP contribution in [0.15, 0.2) is 5.38 Å². The van der Waals surface area contributed by atoms with Gasteiger partial charge in [-0.05, 0) is 26.2 Å². The van der Waals surface area contributed by atoms with Crippen LogP contribution in [-0.2, 0) is 25.9 Å². The van der Waals surface area contributed by atoms with Crippen molar-refractivity contribution < 1.29 is 9.90 Å². The smallest absolute Gasteiger partial charge is 0.356 e. The highest BCUT2D eigenvalue weighted by molar-refractivity contribution is 7.09. The van der Waals surface area contributed by atoms with Crippen LogP contribution in [0.4, 0.5) is 0 Å². The zero-order valence-corrected chi connectivity index (χ0v) is 15.2. The minimum atomic E-state index is -0.930. The third-order valence-electron chi connectivity index (χ3n) is 4.48. The van der Waals surface area contributed by atoms with Crippen molar-refractivity contribution in [3.8, 4) is 0 Å². The molecule has 0 unspecified atom stereocenters. The highest BCUT2D eigenvalue weighted by Crippen LogP contribution is 2.25. The lowest BCUT2D eigenvalue weighted by Crippen LogP contribution is -2.34.